The summed E-state index contributed by atoms with van der Waals surface area (Å²) >= 11 is 0. The van der Waals surface area contributed by atoms with Gasteiger partial charge in [-0.1, -0.05) is 13.0 Å². The Morgan fingerprint density at radius 1 is 1.39 bits per heavy atom. The molecule has 0 aromatic heterocycles. The van der Waals surface area contributed by atoms with E-state index in [-0.39, 0.29) is 17.2 Å². The van der Waals surface area contributed by atoms with Crippen LogP contribution in [-0.2, 0) is 0 Å². The van der Waals surface area contributed by atoms with E-state index in [1.165, 1.54) is 18.2 Å². The molecule has 6 heteroatoms. The van der Waals surface area contributed by atoms with Gasteiger partial charge in [0.1, 0.15) is 0 Å². The smallest absolute Gasteiger partial charge is 0.255 e. The lowest BCUT2D eigenvalue weighted by atomic mass is 10.1. The Labute approximate surface area is 106 Å². The maximum Gasteiger partial charge on any atom is 0.255 e. The van der Waals surface area contributed by atoms with Crippen LogP contribution in [0.3, 0.4) is 0 Å². The number of rotatable bonds is 5. The molecule has 18 heavy (non-hydrogen) atoms. The number of amides is 1. The van der Waals surface area contributed by atoms with Gasteiger partial charge in [0.2, 0.25) is 0 Å². The number of hydrogen-bond donors (Lipinski definition) is 5. The highest BCUT2D eigenvalue weighted by Crippen LogP contribution is 2.27. The highest BCUT2D eigenvalue weighted by atomic mass is 16.3. The van der Waals surface area contributed by atoms with Crippen molar-refractivity contribution in [2.75, 3.05) is 6.54 Å². The molecule has 0 fully saturated rings. The van der Waals surface area contributed by atoms with Crippen molar-refractivity contribution >= 4 is 5.91 Å². The molecule has 0 aliphatic carbocycles. The van der Waals surface area contributed by atoms with Crippen LogP contribution in [0.2, 0.25) is 0 Å². The summed E-state index contributed by atoms with van der Waals surface area (Å²) in [5.41, 5.74) is 10.9. The van der Waals surface area contributed by atoms with Gasteiger partial charge in [0.15, 0.2) is 11.5 Å². The molecule has 0 saturated carbocycles. The molecule has 0 bridgehead atoms. The Kier molecular flexibility index (Phi) is 4.94. The molecule has 0 spiro atoms. The zero-order valence-electron chi connectivity index (χ0n) is 10.3. The molecule has 1 rings (SSSR count). The van der Waals surface area contributed by atoms with Crippen LogP contribution >= 0.6 is 0 Å². The minimum atomic E-state index is -0.444. The van der Waals surface area contributed by atoms with E-state index in [0.29, 0.717) is 13.0 Å². The first-order valence-corrected chi connectivity index (χ1v) is 5.72. The topological polar surface area (TPSA) is 122 Å². The lowest BCUT2D eigenvalue weighted by Gasteiger charge is -2.15. The molecule has 1 amide bonds. The van der Waals surface area contributed by atoms with Gasteiger partial charge in [-0.05, 0) is 24.5 Å². The lowest BCUT2D eigenvalue weighted by Crippen LogP contribution is -2.36. The van der Waals surface area contributed by atoms with E-state index in [9.17, 15) is 15.0 Å². The predicted molar refractivity (Wildman–Crippen MR) is 68.0 cm³/mol. The molecular formula is C12H19N3O3. The number of aromatic hydroxyl groups is 2. The monoisotopic (exact) mass is 253 g/mol. The lowest BCUT2D eigenvalue weighted by molar-refractivity contribution is 0.0943. The van der Waals surface area contributed by atoms with Crippen molar-refractivity contribution in [2.45, 2.75) is 19.5 Å². The number of nitrogens with one attached hydrogen (secondary N) is 1. The van der Waals surface area contributed by atoms with Gasteiger partial charge >= 0.3 is 0 Å². The summed E-state index contributed by atoms with van der Waals surface area (Å²) in [6.07, 6.45) is 0.179. The Morgan fingerprint density at radius 2 is 2.06 bits per heavy atom. The van der Waals surface area contributed by atoms with Gasteiger partial charge in [-0.3, -0.25) is 4.79 Å². The molecule has 1 aromatic carbocycles. The van der Waals surface area contributed by atoms with E-state index in [4.69, 9.17) is 11.5 Å². The number of benzene rings is 1. The molecule has 1 unspecified atom stereocenters. The minimum Gasteiger partial charge on any atom is -0.504 e. The zero-order chi connectivity index (χ0) is 13.7. The van der Waals surface area contributed by atoms with Gasteiger partial charge in [-0.15, -0.1) is 0 Å². The van der Waals surface area contributed by atoms with E-state index < -0.39 is 17.8 Å². The van der Waals surface area contributed by atoms with Gasteiger partial charge in [0.25, 0.3) is 5.91 Å². The molecule has 100 valence electrons. The quantitative estimate of drug-likeness (QED) is 0.376. The van der Waals surface area contributed by atoms with Crippen LogP contribution in [-0.4, -0.2) is 28.8 Å². The normalized spacial score (nSPS) is 12.4. The second-order valence-electron chi connectivity index (χ2n) is 4.39. The van der Waals surface area contributed by atoms with Gasteiger partial charge in [0, 0.05) is 6.54 Å². The van der Waals surface area contributed by atoms with E-state index in [2.05, 4.69) is 5.32 Å². The molecule has 0 saturated heterocycles. The minimum absolute atomic E-state index is 0.0410. The van der Waals surface area contributed by atoms with Crippen LogP contribution in [0.5, 0.6) is 11.5 Å². The fourth-order valence-electron chi connectivity index (χ4n) is 1.62. The van der Waals surface area contributed by atoms with Gasteiger partial charge in [-0.25, -0.2) is 0 Å². The van der Waals surface area contributed by atoms with Crippen molar-refractivity contribution in [2.24, 2.45) is 17.4 Å². The number of phenols is 2. The standard InChI is InChI=1S/C12H19N3O3/c1-7(5-10(13)14)6-15-12(18)8-3-2-4-9(16)11(8)17/h2-4,7,10,16-17H,5-6,13-14H2,1H3,(H,15,18). The van der Waals surface area contributed by atoms with Crippen LogP contribution in [0.25, 0.3) is 0 Å². The van der Waals surface area contributed by atoms with Crippen LogP contribution < -0.4 is 16.8 Å². The van der Waals surface area contributed by atoms with Crippen molar-refractivity contribution in [3.63, 3.8) is 0 Å². The average Bonchev–Trinajstić information content (AvgIpc) is 2.29. The largest absolute Gasteiger partial charge is 0.504 e. The first kappa shape index (κ1) is 14.3. The second-order valence-corrected chi connectivity index (χ2v) is 4.39. The molecule has 0 radical (unpaired) electrons. The Hall–Kier alpha value is -1.79. The van der Waals surface area contributed by atoms with Crippen molar-refractivity contribution in [1.82, 2.24) is 5.32 Å². The summed E-state index contributed by atoms with van der Waals surface area (Å²) < 4.78 is 0. The van der Waals surface area contributed by atoms with Crippen LogP contribution in [0.1, 0.15) is 23.7 Å². The maximum atomic E-state index is 11.8. The van der Waals surface area contributed by atoms with Crippen molar-refractivity contribution < 1.29 is 15.0 Å². The second kappa shape index (κ2) is 6.23. The number of phenolic OH excluding ortho intramolecular Hbond substituents is 2. The van der Waals surface area contributed by atoms with E-state index in [0.717, 1.165) is 0 Å². The summed E-state index contributed by atoms with van der Waals surface area (Å²) in [4.78, 5) is 11.8. The molecule has 0 heterocycles. The van der Waals surface area contributed by atoms with Gasteiger partial charge in [-0.2, -0.15) is 0 Å². The maximum absolute atomic E-state index is 11.8. The summed E-state index contributed by atoms with van der Waals surface area (Å²) in [5, 5.41) is 21.5. The highest BCUT2D eigenvalue weighted by molar-refractivity contribution is 5.97. The van der Waals surface area contributed by atoms with Crippen molar-refractivity contribution in [1.29, 1.82) is 0 Å². The fourth-order valence-corrected chi connectivity index (χ4v) is 1.62. The third-order valence-electron chi connectivity index (χ3n) is 2.54. The Balaban J connectivity index is 2.58. The number of nitrogens with two attached hydrogens (primary N) is 2. The van der Waals surface area contributed by atoms with Gasteiger partial charge in [0.05, 0.1) is 11.7 Å². The van der Waals surface area contributed by atoms with Crippen molar-refractivity contribution in [3.05, 3.63) is 23.8 Å². The van der Waals surface area contributed by atoms with Crippen molar-refractivity contribution in [3.8, 4) is 11.5 Å². The molecular weight excluding hydrogens is 234 g/mol. The number of carbonyl (C=O) groups excluding carboxylic acids is 1. The first-order chi connectivity index (χ1) is 8.41. The fraction of sp³-hybridized carbons (Fsp3) is 0.417. The average molecular weight is 253 g/mol. The number of para-hydroxylation sites is 1. The molecule has 1 aromatic rings. The van der Waals surface area contributed by atoms with E-state index in [1.54, 1.807) is 0 Å². The first-order valence-electron chi connectivity index (χ1n) is 5.72. The molecule has 1 atom stereocenters. The summed E-state index contributed by atoms with van der Waals surface area (Å²) in [6.45, 7) is 2.31. The SMILES string of the molecule is CC(CNC(=O)c1cccc(O)c1O)CC(N)N. The molecule has 6 nitrogen and oxygen atoms in total. The third kappa shape index (κ3) is 3.90. The van der Waals surface area contributed by atoms with Crippen LogP contribution in [0.15, 0.2) is 18.2 Å². The molecule has 7 N–H and O–H groups in total. The predicted octanol–water partition coefficient (Wildman–Crippen LogP) is 0.0973. The summed E-state index contributed by atoms with van der Waals surface area (Å²) in [7, 11) is 0. The van der Waals surface area contributed by atoms with E-state index in [1.807, 2.05) is 6.92 Å². The highest BCUT2D eigenvalue weighted by Gasteiger charge is 2.14. The number of carbonyl (C=O) groups is 1. The van der Waals surface area contributed by atoms with Crippen LogP contribution in [0.4, 0.5) is 0 Å². The van der Waals surface area contributed by atoms with Gasteiger partial charge < -0.3 is 27.0 Å². The summed E-state index contributed by atoms with van der Waals surface area (Å²) in [6, 6.07) is 4.23. The van der Waals surface area contributed by atoms with Crippen LogP contribution in [0, 0.1) is 5.92 Å². The Bertz CT molecular complexity index is 421. The third-order valence-corrected chi connectivity index (χ3v) is 2.54. The summed E-state index contributed by atoms with van der Waals surface area (Å²) in [5.74, 6) is -1.05. The van der Waals surface area contributed by atoms with E-state index >= 15 is 0 Å². The molecule has 0 aliphatic rings. The molecule has 0 aliphatic heterocycles. The number of hydrogen-bond acceptors (Lipinski definition) is 5. The zero-order valence-corrected chi connectivity index (χ0v) is 10.3. The Morgan fingerprint density at radius 3 is 2.67 bits per heavy atom.